The van der Waals surface area contributed by atoms with Crippen molar-refractivity contribution in [2.75, 3.05) is 20.3 Å². The van der Waals surface area contributed by atoms with Gasteiger partial charge in [-0.3, -0.25) is 4.79 Å². The van der Waals surface area contributed by atoms with E-state index in [2.05, 4.69) is 18.8 Å². The first-order chi connectivity index (χ1) is 13.5. The Hall–Kier alpha value is -1.99. The number of amides is 1. The molecular formula is C21H30N2O4S. The minimum Gasteiger partial charge on any atom is -0.462 e. The molecule has 0 unspecified atom stereocenters. The highest BCUT2D eigenvalue weighted by molar-refractivity contribution is 7.16. The lowest BCUT2D eigenvalue weighted by atomic mass is 9.98. The van der Waals surface area contributed by atoms with E-state index in [1.54, 1.807) is 26.2 Å². The Bertz CT molecular complexity index is 863. The number of methoxy groups -OCH3 is 1. The molecule has 0 saturated heterocycles. The third kappa shape index (κ3) is 5.52. The van der Waals surface area contributed by atoms with Crippen LogP contribution in [0.5, 0.6) is 0 Å². The minimum absolute atomic E-state index is 0.0359. The third-order valence-electron chi connectivity index (χ3n) is 4.54. The predicted octanol–water partition coefficient (Wildman–Crippen LogP) is 4.17. The smallest absolute Gasteiger partial charge is 0.338 e. The van der Waals surface area contributed by atoms with Crippen molar-refractivity contribution in [1.82, 2.24) is 4.57 Å². The van der Waals surface area contributed by atoms with Gasteiger partial charge in [0.1, 0.15) is 0 Å². The van der Waals surface area contributed by atoms with Gasteiger partial charge in [-0.15, -0.1) is 0 Å². The lowest BCUT2D eigenvalue weighted by molar-refractivity contribution is -0.122. The first-order valence-corrected chi connectivity index (χ1v) is 10.7. The molecule has 1 heterocycles. The molecule has 0 atom stereocenters. The van der Waals surface area contributed by atoms with Crippen molar-refractivity contribution >= 4 is 33.4 Å². The second kappa shape index (κ2) is 11.1. The summed E-state index contributed by atoms with van der Waals surface area (Å²) in [7, 11) is 1.65. The van der Waals surface area contributed by atoms with Crippen molar-refractivity contribution < 1.29 is 19.1 Å². The Labute approximate surface area is 170 Å². The molecule has 0 radical (unpaired) electrons. The molecule has 1 amide bonds. The van der Waals surface area contributed by atoms with Gasteiger partial charge in [0.2, 0.25) is 0 Å². The summed E-state index contributed by atoms with van der Waals surface area (Å²) in [4.78, 5) is 29.9. The maximum Gasteiger partial charge on any atom is 0.338 e. The van der Waals surface area contributed by atoms with Crippen molar-refractivity contribution in [3.63, 3.8) is 0 Å². The zero-order valence-corrected chi connectivity index (χ0v) is 18.0. The third-order valence-corrected chi connectivity index (χ3v) is 5.58. The number of hydrogen-bond donors (Lipinski definition) is 0. The second-order valence-electron chi connectivity index (χ2n) is 6.66. The fourth-order valence-corrected chi connectivity index (χ4v) is 4.27. The van der Waals surface area contributed by atoms with E-state index in [1.165, 1.54) is 11.3 Å². The Morgan fingerprint density at radius 1 is 1.18 bits per heavy atom. The maximum atomic E-state index is 12.8. The lowest BCUT2D eigenvalue weighted by Gasteiger charge is -2.10. The molecule has 7 heteroatoms. The van der Waals surface area contributed by atoms with Crippen LogP contribution in [0.2, 0.25) is 0 Å². The van der Waals surface area contributed by atoms with Gasteiger partial charge >= 0.3 is 5.97 Å². The van der Waals surface area contributed by atoms with E-state index in [4.69, 9.17) is 9.47 Å². The van der Waals surface area contributed by atoms with Gasteiger partial charge < -0.3 is 14.0 Å². The average Bonchev–Trinajstić information content (AvgIpc) is 3.02. The molecule has 2 rings (SSSR count). The number of rotatable bonds is 10. The predicted molar refractivity (Wildman–Crippen MR) is 112 cm³/mol. The molecule has 28 heavy (non-hydrogen) atoms. The molecule has 1 aromatic heterocycles. The average molecular weight is 407 g/mol. The van der Waals surface area contributed by atoms with Gasteiger partial charge in [0, 0.05) is 19.6 Å². The van der Waals surface area contributed by atoms with Gasteiger partial charge in [-0.05, 0) is 38.0 Å². The summed E-state index contributed by atoms with van der Waals surface area (Å²) >= 11 is 1.42. The van der Waals surface area contributed by atoms with Gasteiger partial charge in [0.15, 0.2) is 4.80 Å². The highest BCUT2D eigenvalue weighted by Crippen LogP contribution is 2.21. The Kier molecular flexibility index (Phi) is 8.86. The van der Waals surface area contributed by atoms with E-state index in [1.807, 2.05) is 10.6 Å². The number of nitrogens with zero attached hydrogens (tertiary/aromatic N) is 2. The van der Waals surface area contributed by atoms with Crippen LogP contribution in [0.1, 0.15) is 56.8 Å². The van der Waals surface area contributed by atoms with E-state index in [-0.39, 0.29) is 17.8 Å². The molecule has 0 bridgehead atoms. The second-order valence-corrected chi connectivity index (χ2v) is 7.67. The standard InChI is InChI=1S/C21H30N2O4S/c1-5-8-15(9-6-2)19(24)22-21-23(12-13-26-4)17-11-10-16(14-18(17)28-21)20(25)27-7-3/h10-11,14-15H,5-9,12-13H2,1-4H3. The topological polar surface area (TPSA) is 69.9 Å². The summed E-state index contributed by atoms with van der Waals surface area (Å²) < 4.78 is 13.2. The van der Waals surface area contributed by atoms with E-state index in [9.17, 15) is 9.59 Å². The molecule has 0 N–H and O–H groups in total. The Balaban J connectivity index is 2.49. The summed E-state index contributed by atoms with van der Waals surface area (Å²) in [5, 5.41) is 0. The number of ether oxygens (including phenoxy) is 2. The number of fused-ring (bicyclic) bond motifs is 1. The van der Waals surface area contributed by atoms with Crippen LogP contribution in [-0.4, -0.2) is 36.8 Å². The van der Waals surface area contributed by atoms with Gasteiger partial charge in [-0.25, -0.2) is 4.79 Å². The molecule has 0 saturated carbocycles. The number of thiazole rings is 1. The number of esters is 1. The quantitative estimate of drug-likeness (QED) is 0.555. The van der Waals surface area contributed by atoms with Gasteiger partial charge in [-0.1, -0.05) is 38.0 Å². The lowest BCUT2D eigenvalue weighted by Crippen LogP contribution is -2.22. The monoisotopic (exact) mass is 406 g/mol. The zero-order chi connectivity index (χ0) is 20.5. The van der Waals surface area contributed by atoms with Crippen LogP contribution in [0.4, 0.5) is 0 Å². The van der Waals surface area contributed by atoms with E-state index in [0.717, 1.165) is 35.9 Å². The molecule has 6 nitrogen and oxygen atoms in total. The molecule has 0 aliphatic rings. The van der Waals surface area contributed by atoms with Crippen molar-refractivity contribution in [3.05, 3.63) is 28.6 Å². The van der Waals surface area contributed by atoms with Crippen molar-refractivity contribution in [2.45, 2.75) is 53.0 Å². The van der Waals surface area contributed by atoms with Gasteiger partial charge in [0.05, 0.1) is 29.0 Å². The summed E-state index contributed by atoms with van der Waals surface area (Å²) in [5.74, 6) is -0.444. The van der Waals surface area contributed by atoms with Crippen LogP contribution >= 0.6 is 11.3 Å². The number of hydrogen-bond acceptors (Lipinski definition) is 5. The van der Waals surface area contributed by atoms with E-state index >= 15 is 0 Å². The molecule has 0 aliphatic carbocycles. The van der Waals surface area contributed by atoms with E-state index < -0.39 is 0 Å². The SMILES string of the molecule is CCCC(CCC)C(=O)N=c1sc2cc(C(=O)OCC)ccc2n1CCOC. The molecule has 0 spiro atoms. The summed E-state index contributed by atoms with van der Waals surface area (Å²) in [6.45, 7) is 7.40. The fraction of sp³-hybridized carbons (Fsp3) is 0.571. The van der Waals surface area contributed by atoms with Crippen molar-refractivity contribution in [1.29, 1.82) is 0 Å². The first-order valence-electron chi connectivity index (χ1n) is 9.93. The molecule has 0 fully saturated rings. The largest absolute Gasteiger partial charge is 0.462 e. The highest BCUT2D eigenvalue weighted by atomic mass is 32.1. The molecule has 0 aliphatic heterocycles. The van der Waals surface area contributed by atoms with Crippen molar-refractivity contribution in [2.24, 2.45) is 10.9 Å². The van der Waals surface area contributed by atoms with Gasteiger partial charge in [-0.2, -0.15) is 4.99 Å². The minimum atomic E-state index is -0.346. The normalized spacial score (nSPS) is 12.1. The highest BCUT2D eigenvalue weighted by Gasteiger charge is 2.17. The molecule has 154 valence electrons. The van der Waals surface area contributed by atoms with Crippen LogP contribution in [-0.2, 0) is 20.8 Å². The van der Waals surface area contributed by atoms with Gasteiger partial charge in [0.25, 0.3) is 5.91 Å². The Morgan fingerprint density at radius 2 is 1.89 bits per heavy atom. The van der Waals surface area contributed by atoms with Crippen LogP contribution in [0.15, 0.2) is 23.2 Å². The zero-order valence-electron chi connectivity index (χ0n) is 17.2. The summed E-state index contributed by atoms with van der Waals surface area (Å²) in [5.41, 5.74) is 1.44. The Morgan fingerprint density at radius 3 is 2.50 bits per heavy atom. The summed E-state index contributed by atoms with van der Waals surface area (Å²) in [6, 6.07) is 5.44. The number of carbonyl (C=O) groups excluding carboxylic acids is 2. The summed E-state index contributed by atoms with van der Waals surface area (Å²) in [6.07, 6.45) is 3.63. The van der Waals surface area contributed by atoms with E-state index in [0.29, 0.717) is 30.1 Å². The molecule has 1 aromatic carbocycles. The molecule has 2 aromatic rings. The fourth-order valence-electron chi connectivity index (χ4n) is 3.17. The maximum absolute atomic E-state index is 12.8. The number of benzene rings is 1. The van der Waals surface area contributed by atoms with Crippen LogP contribution in [0.3, 0.4) is 0 Å². The van der Waals surface area contributed by atoms with Crippen molar-refractivity contribution in [3.8, 4) is 0 Å². The van der Waals surface area contributed by atoms with Crippen LogP contribution in [0.25, 0.3) is 10.2 Å². The number of carbonyl (C=O) groups is 2. The van der Waals surface area contributed by atoms with Crippen LogP contribution < -0.4 is 4.80 Å². The first kappa shape index (κ1) is 22.3. The van der Waals surface area contributed by atoms with Crippen LogP contribution in [0, 0.1) is 5.92 Å². The number of aromatic nitrogens is 1. The molecular weight excluding hydrogens is 376 g/mol.